The number of thiophene rings is 1. The van der Waals surface area contributed by atoms with Gasteiger partial charge in [0.2, 0.25) is 0 Å². The van der Waals surface area contributed by atoms with Crippen LogP contribution in [0.5, 0.6) is 5.75 Å². The zero-order valence-electron chi connectivity index (χ0n) is 15.6. The molecule has 1 amide bonds. The van der Waals surface area contributed by atoms with E-state index in [1.165, 1.54) is 22.5 Å². The average molecular weight is 400 g/mol. The predicted molar refractivity (Wildman–Crippen MR) is 112 cm³/mol. The molecule has 27 heavy (non-hydrogen) atoms. The molecule has 140 valence electrons. The summed E-state index contributed by atoms with van der Waals surface area (Å²) < 4.78 is 5.73. The second kappa shape index (κ2) is 8.59. The number of aryl methyl sites for hydroxylation is 2. The summed E-state index contributed by atoms with van der Waals surface area (Å²) in [5, 5.41) is 5.66. The molecule has 1 unspecified atom stereocenters. The molecule has 5 heteroatoms. The van der Waals surface area contributed by atoms with Crippen molar-refractivity contribution in [1.82, 2.24) is 5.32 Å². The molecule has 0 aliphatic heterocycles. The van der Waals surface area contributed by atoms with Crippen LogP contribution in [0.1, 0.15) is 44.9 Å². The molecular weight excluding hydrogens is 378 g/mol. The molecule has 1 aromatic heterocycles. The smallest absolute Gasteiger partial charge is 0.261 e. The summed E-state index contributed by atoms with van der Waals surface area (Å²) in [5.41, 5.74) is 4.50. The van der Waals surface area contributed by atoms with E-state index in [2.05, 4.69) is 37.4 Å². The van der Waals surface area contributed by atoms with Gasteiger partial charge in [0.15, 0.2) is 0 Å². The van der Waals surface area contributed by atoms with E-state index in [4.69, 9.17) is 16.3 Å². The number of benzene rings is 2. The van der Waals surface area contributed by atoms with Crippen LogP contribution in [0.2, 0.25) is 5.02 Å². The third-order valence-electron chi connectivity index (χ3n) is 4.32. The highest BCUT2D eigenvalue weighted by atomic mass is 35.5. The van der Waals surface area contributed by atoms with Gasteiger partial charge in [-0.1, -0.05) is 41.4 Å². The first-order valence-corrected chi connectivity index (χ1v) is 10.0. The fraction of sp³-hybridized carbons (Fsp3) is 0.227. The molecule has 1 N–H and O–H groups in total. The first-order chi connectivity index (χ1) is 12.9. The lowest BCUT2D eigenvalue weighted by Gasteiger charge is -2.16. The summed E-state index contributed by atoms with van der Waals surface area (Å²) in [7, 11) is 0. The molecule has 0 aliphatic carbocycles. The highest BCUT2D eigenvalue weighted by Crippen LogP contribution is 2.22. The van der Waals surface area contributed by atoms with Crippen LogP contribution in [-0.2, 0) is 6.61 Å². The van der Waals surface area contributed by atoms with Crippen molar-refractivity contribution in [2.45, 2.75) is 33.4 Å². The molecule has 0 radical (unpaired) electrons. The summed E-state index contributed by atoms with van der Waals surface area (Å²) >= 11 is 7.38. The molecule has 0 saturated heterocycles. The number of hydrogen-bond acceptors (Lipinski definition) is 3. The van der Waals surface area contributed by atoms with Crippen molar-refractivity contribution in [1.29, 1.82) is 0 Å². The molecule has 0 spiro atoms. The van der Waals surface area contributed by atoms with E-state index in [0.29, 0.717) is 22.3 Å². The molecule has 1 atom stereocenters. The Morgan fingerprint density at radius 3 is 2.74 bits per heavy atom. The van der Waals surface area contributed by atoms with Gasteiger partial charge >= 0.3 is 0 Å². The van der Waals surface area contributed by atoms with Crippen LogP contribution < -0.4 is 10.1 Å². The topological polar surface area (TPSA) is 38.3 Å². The first-order valence-electron chi connectivity index (χ1n) is 8.76. The largest absolute Gasteiger partial charge is 0.489 e. The number of rotatable bonds is 6. The number of halogens is 1. The maximum absolute atomic E-state index is 12.6. The van der Waals surface area contributed by atoms with Gasteiger partial charge in [-0.2, -0.15) is 0 Å². The average Bonchev–Trinajstić information content (AvgIpc) is 3.09. The van der Waals surface area contributed by atoms with Gasteiger partial charge < -0.3 is 10.1 Å². The molecule has 0 saturated carbocycles. The number of nitrogens with one attached hydrogen (secondary N) is 1. The second-order valence-electron chi connectivity index (χ2n) is 6.62. The van der Waals surface area contributed by atoms with Crippen LogP contribution in [0.25, 0.3) is 0 Å². The fourth-order valence-corrected chi connectivity index (χ4v) is 3.93. The monoisotopic (exact) mass is 399 g/mol. The van der Waals surface area contributed by atoms with Crippen molar-refractivity contribution < 1.29 is 9.53 Å². The lowest BCUT2D eigenvalue weighted by Crippen LogP contribution is -2.26. The number of carbonyl (C=O) groups excluding carboxylic acids is 1. The minimum Gasteiger partial charge on any atom is -0.489 e. The molecule has 3 nitrogen and oxygen atoms in total. The van der Waals surface area contributed by atoms with E-state index in [1.54, 1.807) is 12.1 Å². The van der Waals surface area contributed by atoms with Crippen LogP contribution in [0.15, 0.2) is 53.9 Å². The maximum Gasteiger partial charge on any atom is 0.261 e. The molecule has 2 aromatic carbocycles. The van der Waals surface area contributed by atoms with Crippen molar-refractivity contribution in [3.05, 3.63) is 86.1 Å². The van der Waals surface area contributed by atoms with Crippen LogP contribution in [0.3, 0.4) is 0 Å². The zero-order valence-corrected chi connectivity index (χ0v) is 17.2. The van der Waals surface area contributed by atoms with E-state index >= 15 is 0 Å². The van der Waals surface area contributed by atoms with Crippen LogP contribution in [-0.4, -0.2) is 5.91 Å². The Balaban J connectivity index is 1.61. The first kappa shape index (κ1) is 19.5. The highest BCUT2D eigenvalue weighted by molar-refractivity contribution is 7.12. The zero-order chi connectivity index (χ0) is 19.4. The molecule has 3 rings (SSSR count). The number of ether oxygens (including phenoxy) is 1. The van der Waals surface area contributed by atoms with E-state index in [-0.39, 0.29) is 11.9 Å². The normalized spacial score (nSPS) is 11.9. The van der Waals surface area contributed by atoms with Gasteiger partial charge in [-0.3, -0.25) is 4.79 Å². The van der Waals surface area contributed by atoms with Crippen LogP contribution in [0.4, 0.5) is 0 Å². The second-order valence-corrected chi connectivity index (χ2v) is 7.97. The van der Waals surface area contributed by atoms with Gasteiger partial charge in [-0.15, -0.1) is 11.3 Å². The maximum atomic E-state index is 12.6. The Kier molecular flexibility index (Phi) is 6.19. The summed E-state index contributed by atoms with van der Waals surface area (Å²) in [6.07, 6.45) is 0. The number of carbonyl (C=O) groups is 1. The Bertz CT molecular complexity index is 951. The Labute approximate surface area is 169 Å². The van der Waals surface area contributed by atoms with Crippen molar-refractivity contribution in [3.8, 4) is 5.75 Å². The van der Waals surface area contributed by atoms with E-state index in [1.807, 2.05) is 30.5 Å². The van der Waals surface area contributed by atoms with Crippen molar-refractivity contribution >= 4 is 28.8 Å². The van der Waals surface area contributed by atoms with Crippen molar-refractivity contribution in [3.63, 3.8) is 0 Å². The van der Waals surface area contributed by atoms with Crippen molar-refractivity contribution in [2.24, 2.45) is 0 Å². The van der Waals surface area contributed by atoms with Gasteiger partial charge in [0.25, 0.3) is 5.91 Å². The predicted octanol–water partition coefficient (Wildman–Crippen LogP) is 6.09. The molecule has 3 aromatic rings. The minimum atomic E-state index is -0.0681. The summed E-state index contributed by atoms with van der Waals surface area (Å²) in [6, 6.07) is 15.4. The van der Waals surface area contributed by atoms with E-state index < -0.39 is 0 Å². The molecule has 0 fully saturated rings. The SMILES string of the molecule is Cc1ccc(C(C)NC(=O)c2cc(COc3cccc(Cl)c3)cs2)c(C)c1. The Morgan fingerprint density at radius 1 is 1.19 bits per heavy atom. The van der Waals surface area contributed by atoms with Gasteiger partial charge in [-0.05, 0) is 61.5 Å². The molecular formula is C22H22ClNO2S. The van der Waals surface area contributed by atoms with Gasteiger partial charge in [-0.25, -0.2) is 0 Å². The molecule has 1 heterocycles. The minimum absolute atomic E-state index is 0.0497. The summed E-state index contributed by atoms with van der Waals surface area (Å²) in [5.74, 6) is 0.643. The lowest BCUT2D eigenvalue weighted by molar-refractivity contribution is 0.0944. The quantitative estimate of drug-likeness (QED) is 0.544. The lowest BCUT2D eigenvalue weighted by atomic mass is 10.0. The summed E-state index contributed by atoms with van der Waals surface area (Å²) in [4.78, 5) is 13.3. The molecule has 0 bridgehead atoms. The van der Waals surface area contributed by atoms with E-state index in [0.717, 1.165) is 11.1 Å². The van der Waals surface area contributed by atoms with Gasteiger partial charge in [0.05, 0.1) is 10.9 Å². The Morgan fingerprint density at radius 2 is 2.00 bits per heavy atom. The van der Waals surface area contributed by atoms with E-state index in [9.17, 15) is 4.79 Å². The third-order valence-corrected chi connectivity index (χ3v) is 5.53. The molecule has 0 aliphatic rings. The standard InChI is InChI=1S/C22H22ClNO2S/c1-14-7-8-20(15(2)9-14)16(3)24-22(25)21-10-17(13-27-21)12-26-19-6-4-5-18(23)11-19/h4-11,13,16H,12H2,1-3H3,(H,24,25). The highest BCUT2D eigenvalue weighted by Gasteiger charge is 2.15. The number of amides is 1. The Hall–Kier alpha value is -2.30. The fourth-order valence-electron chi connectivity index (χ4n) is 2.95. The van der Waals surface area contributed by atoms with Crippen LogP contribution in [0, 0.1) is 13.8 Å². The van der Waals surface area contributed by atoms with Gasteiger partial charge in [0, 0.05) is 10.6 Å². The van der Waals surface area contributed by atoms with Crippen LogP contribution >= 0.6 is 22.9 Å². The summed E-state index contributed by atoms with van der Waals surface area (Å²) in [6.45, 7) is 6.54. The third kappa shape index (κ3) is 5.12. The van der Waals surface area contributed by atoms with Gasteiger partial charge in [0.1, 0.15) is 12.4 Å². The number of hydrogen-bond donors (Lipinski definition) is 1. The van der Waals surface area contributed by atoms with Crippen molar-refractivity contribution in [2.75, 3.05) is 0 Å².